The van der Waals surface area contributed by atoms with E-state index in [0.29, 0.717) is 17.5 Å². The van der Waals surface area contributed by atoms with E-state index in [1.165, 1.54) is 54.4 Å². The third-order valence-electron chi connectivity index (χ3n) is 11.5. The van der Waals surface area contributed by atoms with E-state index in [2.05, 4.69) is 149 Å². The van der Waals surface area contributed by atoms with Crippen LogP contribution in [-0.4, -0.2) is 24.1 Å². The number of aromatic nitrogens is 5. The van der Waals surface area contributed by atoms with E-state index in [4.69, 9.17) is 15.0 Å². The van der Waals surface area contributed by atoms with Gasteiger partial charge in [0.2, 0.25) is 0 Å². The molecule has 0 bridgehead atoms. The van der Waals surface area contributed by atoms with Crippen molar-refractivity contribution in [1.29, 1.82) is 0 Å². The second-order valence-corrected chi connectivity index (χ2v) is 14.9. The van der Waals surface area contributed by atoms with Gasteiger partial charge in [0, 0.05) is 55.0 Å². The average molecular weight is 740 g/mol. The molecule has 5 nitrogen and oxygen atoms in total. The van der Waals surface area contributed by atoms with Crippen molar-refractivity contribution in [2.45, 2.75) is 0 Å². The zero-order valence-electron chi connectivity index (χ0n) is 31.3. The highest BCUT2D eigenvalue weighted by atomic mass is 15.0. The molecule has 0 atom stereocenters. The molecule has 0 saturated carbocycles. The van der Waals surface area contributed by atoms with Crippen molar-refractivity contribution in [2.24, 2.45) is 0 Å². The molecule has 3 aromatic heterocycles. The molecule has 5 heteroatoms. The predicted molar refractivity (Wildman–Crippen MR) is 240 cm³/mol. The first-order chi connectivity index (χ1) is 28.7. The van der Waals surface area contributed by atoms with Crippen LogP contribution in [0.1, 0.15) is 0 Å². The molecule has 0 fully saturated rings. The van der Waals surface area contributed by atoms with E-state index >= 15 is 0 Å². The number of para-hydroxylation sites is 2. The Bertz CT molecular complexity index is 3490. The molecule has 12 rings (SSSR count). The average Bonchev–Trinajstić information content (AvgIpc) is 3.81. The smallest absolute Gasteiger partial charge is 0.164 e. The third kappa shape index (κ3) is 5.07. The maximum atomic E-state index is 4.99. The van der Waals surface area contributed by atoms with Gasteiger partial charge >= 0.3 is 0 Å². The fourth-order valence-corrected chi connectivity index (χ4v) is 8.81. The monoisotopic (exact) mass is 739 g/mol. The summed E-state index contributed by atoms with van der Waals surface area (Å²) in [7, 11) is 0. The van der Waals surface area contributed by atoms with Crippen molar-refractivity contribution < 1.29 is 0 Å². The van der Waals surface area contributed by atoms with E-state index in [1.807, 2.05) is 60.7 Å². The van der Waals surface area contributed by atoms with Crippen LogP contribution in [0.15, 0.2) is 200 Å². The van der Waals surface area contributed by atoms with Gasteiger partial charge in [-0.2, -0.15) is 0 Å². The van der Waals surface area contributed by atoms with E-state index in [0.717, 1.165) is 38.8 Å². The van der Waals surface area contributed by atoms with Gasteiger partial charge in [-0.05, 0) is 64.7 Å². The second-order valence-electron chi connectivity index (χ2n) is 14.9. The van der Waals surface area contributed by atoms with Crippen molar-refractivity contribution in [2.75, 3.05) is 0 Å². The van der Waals surface area contributed by atoms with Crippen LogP contribution in [0.2, 0.25) is 0 Å². The molecular formula is C53H33N5. The van der Waals surface area contributed by atoms with E-state index in [1.54, 1.807) is 0 Å². The Morgan fingerprint density at radius 1 is 0.276 bits per heavy atom. The molecule has 0 N–H and O–H groups in total. The Kier molecular flexibility index (Phi) is 7.16. The van der Waals surface area contributed by atoms with Crippen LogP contribution in [-0.2, 0) is 0 Å². The Morgan fingerprint density at radius 3 is 1.57 bits per heavy atom. The summed E-state index contributed by atoms with van der Waals surface area (Å²) >= 11 is 0. The SMILES string of the molecule is c1ccc(-c2nc(-c3ccccc3)nc(-c3ccc4cc(-n5c6ccccc6c6cc7c8ccc9ccccc9c8n(-c8ccccc8)c7cc65)ccc4c3)n2)cc1. The summed E-state index contributed by atoms with van der Waals surface area (Å²) in [6.45, 7) is 0. The van der Waals surface area contributed by atoms with Gasteiger partial charge in [-0.1, -0.05) is 152 Å². The Labute approximate surface area is 333 Å². The van der Waals surface area contributed by atoms with Crippen LogP contribution in [0.4, 0.5) is 0 Å². The number of fused-ring (bicyclic) bond motifs is 9. The molecule has 0 aliphatic heterocycles. The number of nitrogens with zero attached hydrogens (tertiary/aromatic N) is 5. The van der Waals surface area contributed by atoms with Gasteiger partial charge < -0.3 is 9.13 Å². The highest BCUT2D eigenvalue weighted by Crippen LogP contribution is 2.42. The van der Waals surface area contributed by atoms with Crippen molar-refractivity contribution in [1.82, 2.24) is 24.1 Å². The summed E-state index contributed by atoms with van der Waals surface area (Å²) in [6.07, 6.45) is 0. The van der Waals surface area contributed by atoms with Crippen LogP contribution < -0.4 is 0 Å². The molecule has 270 valence electrons. The first kappa shape index (κ1) is 32.4. The van der Waals surface area contributed by atoms with E-state index in [-0.39, 0.29) is 0 Å². The topological polar surface area (TPSA) is 48.5 Å². The minimum absolute atomic E-state index is 0.645. The lowest BCUT2D eigenvalue weighted by atomic mass is 10.0. The highest BCUT2D eigenvalue weighted by Gasteiger charge is 2.20. The van der Waals surface area contributed by atoms with Crippen LogP contribution in [0.25, 0.3) is 111 Å². The quantitative estimate of drug-likeness (QED) is 0.177. The number of hydrogen-bond donors (Lipinski definition) is 0. The molecular weight excluding hydrogens is 707 g/mol. The maximum absolute atomic E-state index is 4.99. The molecule has 0 radical (unpaired) electrons. The van der Waals surface area contributed by atoms with Gasteiger partial charge in [-0.25, -0.2) is 15.0 Å². The van der Waals surface area contributed by atoms with Gasteiger partial charge in [0.15, 0.2) is 17.5 Å². The summed E-state index contributed by atoms with van der Waals surface area (Å²) in [4.78, 5) is 14.9. The van der Waals surface area contributed by atoms with Crippen molar-refractivity contribution in [3.05, 3.63) is 200 Å². The largest absolute Gasteiger partial charge is 0.309 e. The zero-order valence-corrected chi connectivity index (χ0v) is 31.3. The Hall–Kier alpha value is -7.89. The van der Waals surface area contributed by atoms with Crippen molar-refractivity contribution >= 4 is 65.2 Å². The normalized spacial score (nSPS) is 11.8. The molecule has 0 aliphatic carbocycles. The fraction of sp³-hybridized carbons (Fsp3) is 0. The standard InChI is InChI=1S/C53H33N5/c1-4-15-35(16-5-1)51-54-52(36-17-6-2-7-18-36)56-53(55-51)39-25-24-38-31-41(28-26-37(38)30-39)57-47-23-13-12-22-43(47)45-32-46-44-29-27-34-14-10-11-21-42(34)50(44)58(49(46)33-48(45)57)40-19-8-3-9-20-40/h1-33H. The number of hydrogen-bond acceptors (Lipinski definition) is 3. The maximum Gasteiger partial charge on any atom is 0.164 e. The molecule has 0 spiro atoms. The van der Waals surface area contributed by atoms with Gasteiger partial charge in [0.1, 0.15) is 0 Å². The zero-order chi connectivity index (χ0) is 38.2. The Balaban J connectivity index is 1.05. The first-order valence-electron chi connectivity index (χ1n) is 19.6. The summed E-state index contributed by atoms with van der Waals surface area (Å²) < 4.78 is 4.87. The third-order valence-corrected chi connectivity index (χ3v) is 11.5. The molecule has 0 amide bonds. The van der Waals surface area contributed by atoms with Gasteiger partial charge in [0.25, 0.3) is 0 Å². The molecule has 9 aromatic carbocycles. The lowest BCUT2D eigenvalue weighted by Crippen LogP contribution is -2.00. The first-order valence-corrected chi connectivity index (χ1v) is 19.6. The van der Waals surface area contributed by atoms with Gasteiger partial charge in [-0.15, -0.1) is 0 Å². The lowest BCUT2D eigenvalue weighted by molar-refractivity contribution is 1.07. The van der Waals surface area contributed by atoms with Gasteiger partial charge in [0.05, 0.1) is 22.1 Å². The predicted octanol–water partition coefficient (Wildman–Crippen LogP) is 13.4. The van der Waals surface area contributed by atoms with E-state index in [9.17, 15) is 0 Å². The second kappa shape index (κ2) is 12.8. The number of benzene rings is 9. The van der Waals surface area contributed by atoms with Crippen molar-refractivity contribution in [3.63, 3.8) is 0 Å². The van der Waals surface area contributed by atoms with E-state index < -0.39 is 0 Å². The summed E-state index contributed by atoms with van der Waals surface area (Å²) in [5.74, 6) is 1.95. The summed E-state index contributed by atoms with van der Waals surface area (Å²) in [5, 5.41) is 9.69. The summed E-state index contributed by atoms with van der Waals surface area (Å²) in [5.41, 5.74) is 9.86. The summed E-state index contributed by atoms with van der Waals surface area (Å²) in [6, 6.07) is 71.1. The van der Waals surface area contributed by atoms with Crippen LogP contribution >= 0.6 is 0 Å². The molecule has 0 aliphatic rings. The van der Waals surface area contributed by atoms with Crippen LogP contribution in [0.3, 0.4) is 0 Å². The minimum atomic E-state index is 0.645. The highest BCUT2D eigenvalue weighted by molar-refractivity contribution is 6.23. The van der Waals surface area contributed by atoms with Crippen LogP contribution in [0, 0.1) is 0 Å². The van der Waals surface area contributed by atoms with Crippen LogP contribution in [0.5, 0.6) is 0 Å². The molecule has 12 aromatic rings. The molecule has 58 heavy (non-hydrogen) atoms. The fourth-order valence-electron chi connectivity index (χ4n) is 8.81. The number of rotatable bonds is 5. The molecule has 0 unspecified atom stereocenters. The molecule has 0 saturated heterocycles. The lowest BCUT2D eigenvalue weighted by Gasteiger charge is -2.12. The minimum Gasteiger partial charge on any atom is -0.309 e. The molecule has 3 heterocycles. The van der Waals surface area contributed by atoms with Gasteiger partial charge in [-0.3, -0.25) is 0 Å². The van der Waals surface area contributed by atoms with Crippen molar-refractivity contribution in [3.8, 4) is 45.5 Å². The Morgan fingerprint density at radius 2 is 0.828 bits per heavy atom.